The zero-order valence-corrected chi connectivity index (χ0v) is 12.7. The molecule has 1 saturated carbocycles. The largest absolute Gasteiger partial charge is 0.314 e. The van der Waals surface area contributed by atoms with E-state index in [0.29, 0.717) is 17.0 Å². The van der Waals surface area contributed by atoms with E-state index >= 15 is 0 Å². The van der Waals surface area contributed by atoms with Gasteiger partial charge in [0.1, 0.15) is 5.82 Å². The molecule has 1 aliphatic rings. The van der Waals surface area contributed by atoms with Crippen molar-refractivity contribution >= 4 is 11.6 Å². The van der Waals surface area contributed by atoms with Crippen molar-refractivity contribution < 1.29 is 4.39 Å². The topological polar surface area (TPSA) is 12.0 Å². The molecule has 1 aliphatic carbocycles. The smallest absolute Gasteiger partial charge is 0.126 e. The van der Waals surface area contributed by atoms with E-state index in [9.17, 15) is 4.39 Å². The molecule has 0 heterocycles. The second-order valence-electron chi connectivity index (χ2n) is 6.69. The molecule has 1 aromatic rings. The molecule has 0 spiro atoms. The number of halogens is 2. The van der Waals surface area contributed by atoms with Gasteiger partial charge in [0.15, 0.2) is 0 Å². The van der Waals surface area contributed by atoms with E-state index in [1.165, 1.54) is 18.9 Å². The number of hydrogen-bond donors (Lipinski definition) is 1. The summed E-state index contributed by atoms with van der Waals surface area (Å²) < 4.78 is 13.9. The second-order valence-corrected chi connectivity index (χ2v) is 7.12. The molecule has 0 amide bonds. The third-order valence-electron chi connectivity index (χ3n) is 3.93. The molecule has 1 atom stereocenters. The van der Waals surface area contributed by atoms with E-state index < -0.39 is 0 Å². The van der Waals surface area contributed by atoms with Crippen molar-refractivity contribution in [2.24, 2.45) is 11.3 Å². The fourth-order valence-corrected chi connectivity index (χ4v) is 2.44. The first-order valence-corrected chi connectivity index (χ1v) is 7.41. The van der Waals surface area contributed by atoms with Gasteiger partial charge in [-0.05, 0) is 60.9 Å². The summed E-state index contributed by atoms with van der Waals surface area (Å²) in [7, 11) is 0. The molecule has 0 aliphatic heterocycles. The second kappa shape index (κ2) is 5.80. The minimum atomic E-state index is -0.148. The highest BCUT2D eigenvalue weighted by Gasteiger charge is 2.28. The highest BCUT2D eigenvalue weighted by Crippen LogP contribution is 2.31. The minimum Gasteiger partial charge on any atom is -0.314 e. The van der Waals surface area contributed by atoms with Gasteiger partial charge in [-0.25, -0.2) is 4.39 Å². The van der Waals surface area contributed by atoms with Crippen molar-refractivity contribution in [3.8, 4) is 0 Å². The van der Waals surface area contributed by atoms with E-state index in [0.717, 1.165) is 18.5 Å². The average molecular weight is 284 g/mol. The number of nitrogens with one attached hydrogen (secondary N) is 1. The van der Waals surface area contributed by atoms with Gasteiger partial charge in [0.05, 0.1) is 0 Å². The Morgan fingerprint density at radius 3 is 2.63 bits per heavy atom. The molecular weight excluding hydrogens is 261 g/mol. The van der Waals surface area contributed by atoms with Crippen LogP contribution in [-0.4, -0.2) is 12.6 Å². The molecule has 1 fully saturated rings. The lowest BCUT2D eigenvalue weighted by molar-refractivity contribution is 0.228. The normalized spacial score (nSPS) is 17.5. The number of hydrogen-bond acceptors (Lipinski definition) is 1. The lowest BCUT2D eigenvalue weighted by Crippen LogP contribution is -2.34. The molecule has 1 unspecified atom stereocenters. The first-order chi connectivity index (χ1) is 8.86. The molecule has 0 aromatic heterocycles. The zero-order valence-electron chi connectivity index (χ0n) is 12.0. The highest BCUT2D eigenvalue weighted by atomic mass is 35.5. The van der Waals surface area contributed by atoms with Crippen LogP contribution in [0.5, 0.6) is 0 Å². The van der Waals surface area contributed by atoms with Gasteiger partial charge in [-0.15, -0.1) is 0 Å². The summed E-state index contributed by atoms with van der Waals surface area (Å²) in [6.07, 6.45) is 3.29. The molecule has 2 rings (SSSR count). The quantitative estimate of drug-likeness (QED) is 0.843. The fraction of sp³-hybridized carbons (Fsp3) is 0.625. The van der Waals surface area contributed by atoms with Crippen LogP contribution in [0, 0.1) is 17.2 Å². The van der Waals surface area contributed by atoms with Gasteiger partial charge in [-0.3, -0.25) is 0 Å². The molecule has 0 radical (unpaired) electrons. The van der Waals surface area contributed by atoms with Crippen LogP contribution in [0.1, 0.15) is 39.2 Å². The molecule has 1 aromatic carbocycles. The zero-order chi connectivity index (χ0) is 14.0. The van der Waals surface area contributed by atoms with Crippen LogP contribution >= 0.6 is 11.6 Å². The highest BCUT2D eigenvalue weighted by molar-refractivity contribution is 6.30. The minimum absolute atomic E-state index is 0.148. The Kier molecular flexibility index (Phi) is 4.52. The average Bonchev–Trinajstić information content (AvgIpc) is 3.11. The molecule has 106 valence electrons. The van der Waals surface area contributed by atoms with Gasteiger partial charge < -0.3 is 5.32 Å². The maximum absolute atomic E-state index is 13.9. The summed E-state index contributed by atoms with van der Waals surface area (Å²) in [6, 6.07) is 5.52. The van der Waals surface area contributed by atoms with E-state index in [1.54, 1.807) is 12.1 Å². The summed E-state index contributed by atoms with van der Waals surface area (Å²) in [5.74, 6) is 0.256. The van der Waals surface area contributed by atoms with Crippen LogP contribution < -0.4 is 5.32 Å². The summed E-state index contributed by atoms with van der Waals surface area (Å²) in [6.45, 7) is 7.60. The van der Waals surface area contributed by atoms with Crippen molar-refractivity contribution in [3.63, 3.8) is 0 Å². The molecule has 1 nitrogen and oxygen atoms in total. The van der Waals surface area contributed by atoms with Crippen molar-refractivity contribution in [2.45, 2.75) is 46.1 Å². The summed E-state index contributed by atoms with van der Waals surface area (Å²) in [4.78, 5) is 0. The van der Waals surface area contributed by atoms with E-state index in [4.69, 9.17) is 11.6 Å². The molecule has 3 heteroatoms. The SMILES string of the molecule is CC(C)(C)C(CNC1CC1)Cc1cc(Cl)ccc1F. The van der Waals surface area contributed by atoms with Gasteiger partial charge >= 0.3 is 0 Å². The Morgan fingerprint density at radius 2 is 2.05 bits per heavy atom. The maximum Gasteiger partial charge on any atom is 0.126 e. The van der Waals surface area contributed by atoms with Gasteiger partial charge in [0, 0.05) is 11.1 Å². The third-order valence-corrected chi connectivity index (χ3v) is 4.16. The monoisotopic (exact) mass is 283 g/mol. The Balaban J connectivity index is 2.07. The van der Waals surface area contributed by atoms with Crippen LogP contribution in [0.15, 0.2) is 18.2 Å². The van der Waals surface area contributed by atoms with Crippen molar-refractivity contribution in [1.29, 1.82) is 0 Å². The molecule has 0 saturated heterocycles. The van der Waals surface area contributed by atoms with Crippen LogP contribution in [0.2, 0.25) is 5.02 Å². The van der Waals surface area contributed by atoms with Gasteiger partial charge in [0.2, 0.25) is 0 Å². The lowest BCUT2D eigenvalue weighted by atomic mass is 9.77. The first-order valence-electron chi connectivity index (χ1n) is 7.03. The maximum atomic E-state index is 13.9. The molecule has 19 heavy (non-hydrogen) atoms. The first kappa shape index (κ1) is 14.8. The van der Waals surface area contributed by atoms with Gasteiger partial charge in [0.25, 0.3) is 0 Å². The lowest BCUT2D eigenvalue weighted by Gasteiger charge is -2.31. The van der Waals surface area contributed by atoms with E-state index in [-0.39, 0.29) is 11.2 Å². The van der Waals surface area contributed by atoms with Crippen LogP contribution in [0.3, 0.4) is 0 Å². The molecular formula is C16H23ClFN. The van der Waals surface area contributed by atoms with Crippen LogP contribution in [0.25, 0.3) is 0 Å². The van der Waals surface area contributed by atoms with Crippen molar-refractivity contribution in [1.82, 2.24) is 5.32 Å². The summed E-state index contributed by atoms with van der Waals surface area (Å²) >= 11 is 5.97. The van der Waals surface area contributed by atoms with Crippen molar-refractivity contribution in [2.75, 3.05) is 6.54 Å². The predicted molar refractivity (Wildman–Crippen MR) is 79.1 cm³/mol. The Labute approximate surface area is 120 Å². The van der Waals surface area contributed by atoms with Gasteiger partial charge in [-0.1, -0.05) is 32.4 Å². The Bertz CT molecular complexity index is 435. The summed E-state index contributed by atoms with van der Waals surface area (Å²) in [5, 5.41) is 4.17. The van der Waals surface area contributed by atoms with Gasteiger partial charge in [-0.2, -0.15) is 0 Å². The van der Waals surface area contributed by atoms with E-state index in [2.05, 4.69) is 26.1 Å². The molecule has 0 bridgehead atoms. The standard InChI is InChI=1S/C16H23ClFN/c1-16(2,3)12(10-19-14-5-6-14)8-11-9-13(17)4-7-15(11)18/h4,7,9,12,14,19H,5-6,8,10H2,1-3H3. The number of benzene rings is 1. The third kappa shape index (κ3) is 4.47. The van der Waals surface area contributed by atoms with Crippen molar-refractivity contribution in [3.05, 3.63) is 34.6 Å². The Morgan fingerprint density at radius 1 is 1.37 bits per heavy atom. The fourth-order valence-electron chi connectivity index (χ4n) is 2.25. The number of rotatable bonds is 5. The molecule has 1 N–H and O–H groups in total. The van der Waals surface area contributed by atoms with Crippen LogP contribution in [0.4, 0.5) is 4.39 Å². The Hall–Kier alpha value is -0.600. The predicted octanol–water partition coefficient (Wildman–Crippen LogP) is 4.44. The van der Waals surface area contributed by atoms with Crippen LogP contribution in [-0.2, 0) is 6.42 Å². The summed E-state index contributed by atoms with van der Waals surface area (Å²) in [5.41, 5.74) is 0.876. The van der Waals surface area contributed by atoms with E-state index in [1.807, 2.05) is 0 Å².